The van der Waals surface area contributed by atoms with Gasteiger partial charge in [-0.05, 0) is 52.7 Å². The van der Waals surface area contributed by atoms with Gasteiger partial charge >= 0.3 is 8.56 Å². The van der Waals surface area contributed by atoms with E-state index in [-0.39, 0.29) is 0 Å². The molecular formula is C18H28O2Si. The molecule has 0 aliphatic heterocycles. The first-order valence-electron chi connectivity index (χ1n) is 7.62. The second kappa shape index (κ2) is 5.71. The molecule has 3 heteroatoms. The predicted molar refractivity (Wildman–Crippen MR) is 91.5 cm³/mol. The Labute approximate surface area is 130 Å². The van der Waals surface area contributed by atoms with E-state index in [1.54, 1.807) is 0 Å². The SMILES string of the molecule is CO[Si](OC)(C1C=C(C)C(C)=C1C)C1C=C(C)C(C)=C1C. The van der Waals surface area contributed by atoms with Crippen LogP contribution in [0.15, 0.2) is 45.6 Å². The summed E-state index contributed by atoms with van der Waals surface area (Å²) in [7, 11) is 1.21. The fraction of sp³-hybridized carbons (Fsp3) is 0.556. The summed E-state index contributed by atoms with van der Waals surface area (Å²) in [5, 5.41) is 0. The molecule has 0 saturated heterocycles. The van der Waals surface area contributed by atoms with Gasteiger partial charge in [-0.15, -0.1) is 0 Å². The summed E-state index contributed by atoms with van der Waals surface area (Å²) < 4.78 is 12.3. The molecule has 116 valence electrons. The van der Waals surface area contributed by atoms with Crippen LogP contribution in [0.1, 0.15) is 41.5 Å². The molecule has 0 saturated carbocycles. The third-order valence-corrected chi connectivity index (χ3v) is 9.85. The van der Waals surface area contributed by atoms with Gasteiger partial charge < -0.3 is 8.85 Å². The van der Waals surface area contributed by atoms with Crippen LogP contribution in [0.4, 0.5) is 0 Å². The van der Waals surface area contributed by atoms with Crippen LogP contribution in [0.3, 0.4) is 0 Å². The molecule has 2 atom stereocenters. The van der Waals surface area contributed by atoms with Gasteiger partial charge in [0.1, 0.15) is 0 Å². The number of allylic oxidation sites excluding steroid dienone is 8. The first kappa shape index (κ1) is 16.5. The maximum atomic E-state index is 6.15. The maximum Gasteiger partial charge on any atom is 0.360 e. The van der Waals surface area contributed by atoms with Crippen LogP contribution in [0.5, 0.6) is 0 Å². The Morgan fingerprint density at radius 1 is 0.714 bits per heavy atom. The van der Waals surface area contributed by atoms with E-state index < -0.39 is 8.56 Å². The van der Waals surface area contributed by atoms with Crippen molar-refractivity contribution in [2.24, 2.45) is 0 Å². The molecule has 0 aromatic carbocycles. The molecule has 2 aliphatic rings. The Bertz CT molecular complexity index is 526. The molecule has 2 unspecified atom stereocenters. The molecule has 0 aromatic heterocycles. The van der Waals surface area contributed by atoms with E-state index in [1.165, 1.54) is 33.4 Å². The summed E-state index contributed by atoms with van der Waals surface area (Å²) in [6, 6.07) is 0. The minimum atomic E-state index is -2.44. The van der Waals surface area contributed by atoms with E-state index in [0.717, 1.165) is 0 Å². The smallest absolute Gasteiger partial charge is 0.360 e. The summed E-state index contributed by atoms with van der Waals surface area (Å²) in [4.78, 5) is 0. The van der Waals surface area contributed by atoms with Crippen LogP contribution in [-0.2, 0) is 8.85 Å². The van der Waals surface area contributed by atoms with E-state index in [9.17, 15) is 0 Å². The molecule has 0 heterocycles. The van der Waals surface area contributed by atoms with E-state index in [2.05, 4.69) is 53.7 Å². The lowest BCUT2D eigenvalue weighted by Gasteiger charge is -2.38. The Balaban J connectivity index is 2.55. The molecule has 0 aromatic rings. The van der Waals surface area contributed by atoms with Crippen LogP contribution in [0.25, 0.3) is 0 Å². The monoisotopic (exact) mass is 304 g/mol. The van der Waals surface area contributed by atoms with Crippen LogP contribution in [0, 0.1) is 0 Å². The zero-order valence-electron chi connectivity index (χ0n) is 14.6. The third kappa shape index (κ3) is 2.32. The number of rotatable bonds is 4. The molecule has 0 radical (unpaired) electrons. The first-order valence-corrected chi connectivity index (χ1v) is 9.59. The average molecular weight is 305 g/mol. The van der Waals surface area contributed by atoms with Crippen molar-refractivity contribution in [2.45, 2.75) is 52.6 Å². The Morgan fingerprint density at radius 3 is 1.24 bits per heavy atom. The van der Waals surface area contributed by atoms with Crippen LogP contribution < -0.4 is 0 Å². The largest absolute Gasteiger partial charge is 0.397 e. The molecular weight excluding hydrogens is 276 g/mol. The average Bonchev–Trinajstić information content (AvgIpc) is 2.88. The van der Waals surface area contributed by atoms with Crippen molar-refractivity contribution in [3.8, 4) is 0 Å². The molecule has 0 N–H and O–H groups in total. The van der Waals surface area contributed by atoms with E-state index >= 15 is 0 Å². The van der Waals surface area contributed by atoms with Crippen molar-refractivity contribution in [1.29, 1.82) is 0 Å². The van der Waals surface area contributed by atoms with Gasteiger partial charge in [0.05, 0.1) is 0 Å². The topological polar surface area (TPSA) is 18.5 Å². The highest BCUT2D eigenvalue weighted by atomic mass is 28.4. The molecule has 21 heavy (non-hydrogen) atoms. The molecule has 0 spiro atoms. The first-order chi connectivity index (χ1) is 9.80. The van der Waals surface area contributed by atoms with Crippen molar-refractivity contribution in [2.75, 3.05) is 14.2 Å². The van der Waals surface area contributed by atoms with Crippen molar-refractivity contribution in [3.63, 3.8) is 0 Å². The quantitative estimate of drug-likeness (QED) is 0.676. The van der Waals surface area contributed by atoms with Gasteiger partial charge in [-0.25, -0.2) is 0 Å². The van der Waals surface area contributed by atoms with Crippen molar-refractivity contribution in [3.05, 3.63) is 45.6 Å². The van der Waals surface area contributed by atoms with Crippen LogP contribution in [-0.4, -0.2) is 22.8 Å². The summed E-state index contributed by atoms with van der Waals surface area (Å²) in [5.74, 6) is 0. The number of hydrogen-bond donors (Lipinski definition) is 0. The van der Waals surface area contributed by atoms with Crippen molar-refractivity contribution < 1.29 is 8.85 Å². The van der Waals surface area contributed by atoms with Crippen LogP contribution in [0.2, 0.25) is 11.1 Å². The minimum absolute atomic E-state index is 0.294. The predicted octanol–water partition coefficient (Wildman–Crippen LogP) is 5.05. The number of hydrogen-bond acceptors (Lipinski definition) is 2. The van der Waals surface area contributed by atoms with Gasteiger partial charge in [0.25, 0.3) is 0 Å². The van der Waals surface area contributed by atoms with E-state index in [1.807, 2.05) is 14.2 Å². The highest BCUT2D eigenvalue weighted by molar-refractivity contribution is 6.73. The van der Waals surface area contributed by atoms with E-state index in [0.29, 0.717) is 11.1 Å². The van der Waals surface area contributed by atoms with Crippen LogP contribution >= 0.6 is 0 Å². The molecule has 2 aliphatic carbocycles. The summed E-state index contributed by atoms with van der Waals surface area (Å²) >= 11 is 0. The van der Waals surface area contributed by atoms with Gasteiger partial charge in [-0.1, -0.05) is 34.4 Å². The fourth-order valence-corrected chi connectivity index (χ4v) is 7.88. The minimum Gasteiger partial charge on any atom is -0.397 e. The Kier molecular flexibility index (Phi) is 4.48. The Morgan fingerprint density at radius 2 is 1.05 bits per heavy atom. The highest BCUT2D eigenvalue weighted by Gasteiger charge is 2.53. The second-order valence-electron chi connectivity index (χ2n) is 6.40. The normalized spacial score (nSPS) is 26.7. The summed E-state index contributed by atoms with van der Waals surface area (Å²) in [6.07, 6.45) is 4.71. The van der Waals surface area contributed by atoms with Gasteiger partial charge in [0.15, 0.2) is 0 Å². The lowest BCUT2D eigenvalue weighted by Crippen LogP contribution is -2.49. The maximum absolute atomic E-state index is 6.15. The highest BCUT2D eigenvalue weighted by Crippen LogP contribution is 2.51. The molecule has 0 amide bonds. The van der Waals surface area contributed by atoms with E-state index in [4.69, 9.17) is 8.85 Å². The summed E-state index contributed by atoms with van der Waals surface area (Å²) in [6.45, 7) is 13.2. The Hall–Kier alpha value is -0.903. The zero-order chi connectivity index (χ0) is 15.9. The second-order valence-corrected chi connectivity index (χ2v) is 9.90. The molecule has 0 fully saturated rings. The van der Waals surface area contributed by atoms with Gasteiger partial charge in [-0.3, -0.25) is 0 Å². The molecule has 2 rings (SSSR count). The lowest BCUT2D eigenvalue weighted by atomic mass is 10.1. The third-order valence-electron chi connectivity index (χ3n) is 5.64. The molecule has 2 nitrogen and oxygen atoms in total. The zero-order valence-corrected chi connectivity index (χ0v) is 15.6. The molecule has 0 bridgehead atoms. The lowest BCUT2D eigenvalue weighted by molar-refractivity contribution is 0.234. The fourth-order valence-electron chi connectivity index (χ4n) is 3.71. The summed E-state index contributed by atoms with van der Waals surface area (Å²) in [5.41, 5.74) is 8.91. The van der Waals surface area contributed by atoms with Gasteiger partial charge in [0, 0.05) is 25.3 Å². The van der Waals surface area contributed by atoms with Gasteiger partial charge in [0.2, 0.25) is 0 Å². The standard InChI is InChI=1S/C18H28O2Si/c1-11-9-17(15(5)13(11)3)21(19-7,20-8)18-10-12(2)14(4)16(18)6/h9-10,17-18H,1-8H3. The van der Waals surface area contributed by atoms with Gasteiger partial charge in [-0.2, -0.15) is 0 Å². The van der Waals surface area contributed by atoms with Crippen molar-refractivity contribution >= 4 is 8.56 Å². The van der Waals surface area contributed by atoms with Crippen molar-refractivity contribution in [1.82, 2.24) is 0 Å².